The Balaban J connectivity index is 1.48. The number of nitrogens with zero attached hydrogens (tertiary/aromatic N) is 2. The van der Waals surface area contributed by atoms with Crippen molar-refractivity contribution in [2.45, 2.75) is 45.5 Å². The van der Waals surface area contributed by atoms with Crippen molar-refractivity contribution in [1.82, 2.24) is 15.3 Å². The van der Waals surface area contributed by atoms with Gasteiger partial charge in [0.05, 0.1) is 10.6 Å². The molecule has 0 unspecified atom stereocenters. The molecule has 1 aliphatic carbocycles. The minimum absolute atomic E-state index is 0.191. The Bertz CT molecular complexity index is 1070. The van der Waals surface area contributed by atoms with Crippen LogP contribution >= 0.6 is 11.3 Å². The smallest absolute Gasteiger partial charge is 0.406 e. The Hall–Kier alpha value is -2.68. The van der Waals surface area contributed by atoms with Gasteiger partial charge in [-0.2, -0.15) is 0 Å². The normalized spacial score (nSPS) is 14.2. The predicted octanol–water partition coefficient (Wildman–Crippen LogP) is 5.01. The quantitative estimate of drug-likeness (QED) is 0.629. The summed E-state index contributed by atoms with van der Waals surface area (Å²) in [5.74, 6) is 0.744. The summed E-state index contributed by atoms with van der Waals surface area (Å²) in [7, 11) is 0. The number of thiophene rings is 1. The number of ether oxygens (including phenoxy) is 1. The Labute approximate surface area is 168 Å². The highest BCUT2D eigenvalue weighted by Gasteiger charge is 2.31. The molecule has 0 atom stereocenters. The van der Waals surface area contributed by atoms with Gasteiger partial charge in [-0.1, -0.05) is 12.1 Å². The Morgan fingerprint density at radius 3 is 2.52 bits per heavy atom. The molecule has 2 aromatic heterocycles. The van der Waals surface area contributed by atoms with Gasteiger partial charge < -0.3 is 10.1 Å². The van der Waals surface area contributed by atoms with Crippen LogP contribution < -0.4 is 10.1 Å². The summed E-state index contributed by atoms with van der Waals surface area (Å²) in [6, 6.07) is 5.41. The van der Waals surface area contributed by atoms with Crippen LogP contribution in [-0.2, 0) is 6.54 Å². The third-order valence-electron chi connectivity index (χ3n) is 4.75. The summed E-state index contributed by atoms with van der Waals surface area (Å²) in [6.45, 7) is 4.00. The van der Waals surface area contributed by atoms with Gasteiger partial charge in [-0.15, -0.1) is 24.5 Å². The van der Waals surface area contributed by atoms with E-state index in [2.05, 4.69) is 20.0 Å². The van der Waals surface area contributed by atoms with E-state index < -0.39 is 6.36 Å². The maximum Gasteiger partial charge on any atom is 0.573 e. The molecule has 0 spiro atoms. The molecule has 2 heterocycles. The van der Waals surface area contributed by atoms with Crippen LogP contribution in [-0.4, -0.2) is 22.2 Å². The number of hydrogen-bond acceptors (Lipinski definition) is 5. The van der Waals surface area contributed by atoms with Crippen LogP contribution in [0.2, 0.25) is 0 Å². The number of halogens is 3. The fraction of sp³-hybridized carbons (Fsp3) is 0.350. The van der Waals surface area contributed by atoms with Crippen molar-refractivity contribution in [3.8, 4) is 5.75 Å². The highest BCUT2D eigenvalue weighted by Crippen LogP contribution is 2.40. The number of nitrogens with one attached hydrogen (secondary N) is 1. The van der Waals surface area contributed by atoms with Gasteiger partial charge in [-0.05, 0) is 49.9 Å². The number of rotatable bonds is 5. The van der Waals surface area contributed by atoms with Gasteiger partial charge >= 0.3 is 6.36 Å². The van der Waals surface area contributed by atoms with Crippen LogP contribution in [0, 0.1) is 13.8 Å². The first kappa shape index (κ1) is 19.6. The zero-order chi connectivity index (χ0) is 20.8. The van der Waals surface area contributed by atoms with E-state index >= 15 is 0 Å². The fourth-order valence-corrected chi connectivity index (χ4v) is 4.33. The number of amides is 1. The lowest BCUT2D eigenvalue weighted by Gasteiger charge is -2.09. The largest absolute Gasteiger partial charge is 0.573 e. The molecule has 3 aromatic rings. The third kappa shape index (κ3) is 4.34. The second-order valence-electron chi connectivity index (χ2n) is 7.05. The van der Waals surface area contributed by atoms with Gasteiger partial charge in [0.2, 0.25) is 0 Å². The van der Waals surface area contributed by atoms with E-state index in [0.717, 1.165) is 40.1 Å². The lowest BCUT2D eigenvalue weighted by molar-refractivity contribution is -0.274. The lowest BCUT2D eigenvalue weighted by Crippen LogP contribution is -2.22. The van der Waals surface area contributed by atoms with Gasteiger partial charge in [-0.3, -0.25) is 4.79 Å². The first-order chi connectivity index (χ1) is 13.7. The van der Waals surface area contributed by atoms with Crippen LogP contribution in [0.4, 0.5) is 13.2 Å². The van der Waals surface area contributed by atoms with Gasteiger partial charge in [0.25, 0.3) is 5.91 Å². The number of carbonyl (C=O) groups is 1. The number of hydrogen-bond donors (Lipinski definition) is 1. The van der Waals surface area contributed by atoms with Gasteiger partial charge in [0.1, 0.15) is 16.4 Å². The number of carbonyl (C=O) groups excluding carboxylic acids is 1. The molecule has 0 radical (unpaired) electrons. The zero-order valence-corrected chi connectivity index (χ0v) is 16.6. The van der Waals surface area contributed by atoms with E-state index in [1.54, 1.807) is 0 Å². The second kappa shape index (κ2) is 7.29. The van der Waals surface area contributed by atoms with E-state index in [1.807, 2.05) is 13.8 Å². The number of aromatic nitrogens is 2. The van der Waals surface area contributed by atoms with Crippen molar-refractivity contribution >= 4 is 27.5 Å². The predicted molar refractivity (Wildman–Crippen MR) is 103 cm³/mol. The van der Waals surface area contributed by atoms with Crippen molar-refractivity contribution < 1.29 is 22.7 Å². The Kier molecular flexibility index (Phi) is 4.94. The van der Waals surface area contributed by atoms with Crippen LogP contribution in [0.5, 0.6) is 5.75 Å². The summed E-state index contributed by atoms with van der Waals surface area (Å²) in [5.41, 5.74) is 2.39. The summed E-state index contributed by atoms with van der Waals surface area (Å²) in [6.07, 6.45) is -2.51. The number of aryl methyl sites for hydroxylation is 2. The van der Waals surface area contributed by atoms with Crippen LogP contribution in [0.1, 0.15) is 51.1 Å². The van der Waals surface area contributed by atoms with Crippen molar-refractivity contribution in [1.29, 1.82) is 0 Å². The van der Waals surface area contributed by atoms with Crippen molar-refractivity contribution in [2.75, 3.05) is 0 Å². The van der Waals surface area contributed by atoms with Gasteiger partial charge in [-0.25, -0.2) is 9.97 Å². The van der Waals surface area contributed by atoms with Gasteiger partial charge in [0.15, 0.2) is 0 Å². The molecule has 0 saturated heterocycles. The average molecular weight is 421 g/mol. The molecule has 4 rings (SSSR count). The maximum atomic E-state index is 12.7. The third-order valence-corrected chi connectivity index (χ3v) is 5.93. The summed E-state index contributed by atoms with van der Waals surface area (Å²) in [4.78, 5) is 23.3. The monoisotopic (exact) mass is 421 g/mol. The molecule has 9 heteroatoms. The molecule has 152 valence electrons. The van der Waals surface area contributed by atoms with Crippen molar-refractivity contribution in [3.63, 3.8) is 0 Å². The summed E-state index contributed by atoms with van der Waals surface area (Å²) >= 11 is 1.34. The summed E-state index contributed by atoms with van der Waals surface area (Å²) in [5, 5.41) is 3.73. The Morgan fingerprint density at radius 1 is 1.21 bits per heavy atom. The van der Waals surface area contributed by atoms with E-state index in [-0.39, 0.29) is 18.2 Å². The van der Waals surface area contributed by atoms with E-state index in [0.29, 0.717) is 16.4 Å². The highest BCUT2D eigenvalue weighted by molar-refractivity contribution is 7.20. The van der Waals surface area contributed by atoms with Crippen molar-refractivity contribution in [3.05, 3.63) is 51.8 Å². The minimum Gasteiger partial charge on any atom is -0.406 e. The number of fused-ring (bicyclic) bond motifs is 1. The lowest BCUT2D eigenvalue weighted by atomic mass is 10.1. The first-order valence-electron chi connectivity index (χ1n) is 9.12. The molecule has 1 fully saturated rings. The first-order valence-corrected chi connectivity index (χ1v) is 9.93. The molecule has 1 saturated carbocycles. The Morgan fingerprint density at radius 2 is 1.90 bits per heavy atom. The molecule has 0 aliphatic heterocycles. The second-order valence-corrected chi connectivity index (χ2v) is 8.05. The molecule has 1 N–H and O–H groups in total. The molecule has 5 nitrogen and oxygen atoms in total. The fourth-order valence-electron chi connectivity index (χ4n) is 3.17. The molecule has 1 amide bonds. The topological polar surface area (TPSA) is 64.1 Å². The zero-order valence-electron chi connectivity index (χ0n) is 15.8. The van der Waals surface area contributed by atoms with E-state index in [4.69, 9.17) is 0 Å². The van der Waals surface area contributed by atoms with Crippen molar-refractivity contribution in [2.24, 2.45) is 0 Å². The maximum absolute atomic E-state index is 12.7. The summed E-state index contributed by atoms with van der Waals surface area (Å²) < 4.78 is 40.5. The average Bonchev–Trinajstić information content (AvgIpc) is 3.43. The number of alkyl halides is 3. The molecule has 0 bridgehead atoms. The van der Waals surface area contributed by atoms with Crippen LogP contribution in [0.15, 0.2) is 24.3 Å². The van der Waals surface area contributed by atoms with E-state index in [9.17, 15) is 18.0 Å². The van der Waals surface area contributed by atoms with Crippen LogP contribution in [0.25, 0.3) is 10.2 Å². The molecular weight excluding hydrogens is 403 g/mol. The highest BCUT2D eigenvalue weighted by atomic mass is 32.1. The molecule has 1 aliphatic rings. The minimum atomic E-state index is -4.73. The standard InChI is InChI=1S/C20H18F3N3O2S/c1-10-15-11(2)25-17(13-5-6-13)26-19(15)29-16(10)18(27)24-9-12-3-7-14(8-4-12)28-20(21,22)23/h3-4,7-8,13H,5-6,9H2,1-2H3,(H,24,27). The molecule has 1 aromatic carbocycles. The van der Waals surface area contributed by atoms with Gasteiger partial charge in [0, 0.05) is 17.8 Å². The molecular formula is C20H18F3N3O2S. The van der Waals surface area contributed by atoms with Crippen LogP contribution in [0.3, 0.4) is 0 Å². The SMILES string of the molecule is Cc1nc(C2CC2)nc2sc(C(=O)NCc3ccc(OC(F)(F)F)cc3)c(C)c12. The molecule has 29 heavy (non-hydrogen) atoms. The van der Waals surface area contributed by atoms with E-state index in [1.165, 1.54) is 35.6 Å². The number of benzene rings is 1.